The van der Waals surface area contributed by atoms with Crippen molar-refractivity contribution in [1.29, 1.82) is 0 Å². The lowest BCUT2D eigenvalue weighted by atomic mass is 9.94. The summed E-state index contributed by atoms with van der Waals surface area (Å²) in [5.74, 6) is -0.948. The van der Waals surface area contributed by atoms with Crippen LogP contribution in [-0.2, 0) is 0 Å². The van der Waals surface area contributed by atoms with Crippen molar-refractivity contribution >= 4 is 11.7 Å². The van der Waals surface area contributed by atoms with Crippen molar-refractivity contribution in [3.05, 3.63) is 29.8 Å². The molecule has 1 fully saturated rings. The minimum atomic E-state index is -0.948. The van der Waals surface area contributed by atoms with Crippen molar-refractivity contribution in [2.24, 2.45) is 0 Å². The number of carboxylic acid groups (broad SMARTS) is 1. The maximum absolute atomic E-state index is 11.1. The van der Waals surface area contributed by atoms with Gasteiger partial charge in [0, 0.05) is 12.2 Å². The first-order valence-electron chi connectivity index (χ1n) is 6.89. The average Bonchev–Trinajstić information content (AvgIpc) is 2.62. The van der Waals surface area contributed by atoms with Gasteiger partial charge in [-0.2, -0.15) is 0 Å². The van der Waals surface area contributed by atoms with E-state index in [0.717, 1.165) is 25.7 Å². The average molecular weight is 263 g/mol. The quantitative estimate of drug-likeness (QED) is 0.731. The number of nitrogens with one attached hydrogen (secondary N) is 1. The molecule has 0 bridgehead atoms. The van der Waals surface area contributed by atoms with Crippen LogP contribution in [0.3, 0.4) is 0 Å². The van der Waals surface area contributed by atoms with Crippen LogP contribution in [0, 0.1) is 0 Å². The summed E-state index contributed by atoms with van der Waals surface area (Å²) in [6.45, 7) is 0.414. The normalized spacial score (nSPS) is 18.6. The van der Waals surface area contributed by atoms with Crippen LogP contribution >= 0.6 is 0 Å². The molecule has 0 atom stereocenters. The Kier molecular flexibility index (Phi) is 4.43. The van der Waals surface area contributed by atoms with Crippen LogP contribution in [0.25, 0.3) is 0 Å². The van der Waals surface area contributed by atoms with Crippen LogP contribution < -0.4 is 5.32 Å². The number of hydrogen-bond donors (Lipinski definition) is 3. The van der Waals surface area contributed by atoms with Crippen molar-refractivity contribution in [3.63, 3.8) is 0 Å². The molecule has 3 N–H and O–H groups in total. The number of para-hydroxylation sites is 1. The second-order valence-corrected chi connectivity index (χ2v) is 5.34. The Bertz CT molecular complexity index is 437. The van der Waals surface area contributed by atoms with E-state index in [1.54, 1.807) is 24.3 Å². The molecule has 1 saturated carbocycles. The Morgan fingerprint density at radius 1 is 1.16 bits per heavy atom. The topological polar surface area (TPSA) is 69.6 Å². The van der Waals surface area contributed by atoms with Gasteiger partial charge in [-0.25, -0.2) is 4.79 Å². The zero-order valence-corrected chi connectivity index (χ0v) is 11.1. The van der Waals surface area contributed by atoms with Crippen molar-refractivity contribution < 1.29 is 15.0 Å². The maximum Gasteiger partial charge on any atom is 0.337 e. The van der Waals surface area contributed by atoms with Gasteiger partial charge in [-0.05, 0) is 25.0 Å². The van der Waals surface area contributed by atoms with Gasteiger partial charge in [0.2, 0.25) is 0 Å². The Hall–Kier alpha value is -1.55. The van der Waals surface area contributed by atoms with Crippen LogP contribution in [0.15, 0.2) is 24.3 Å². The molecule has 1 aromatic carbocycles. The molecule has 4 heteroatoms. The summed E-state index contributed by atoms with van der Waals surface area (Å²) in [6, 6.07) is 6.81. The van der Waals surface area contributed by atoms with Gasteiger partial charge in [-0.1, -0.05) is 37.8 Å². The van der Waals surface area contributed by atoms with Crippen molar-refractivity contribution in [2.45, 2.75) is 44.1 Å². The third-order valence-corrected chi connectivity index (χ3v) is 3.80. The lowest BCUT2D eigenvalue weighted by molar-refractivity contribution is 0.0380. The van der Waals surface area contributed by atoms with E-state index in [-0.39, 0.29) is 5.56 Å². The molecule has 1 aliphatic carbocycles. The standard InChI is InChI=1S/C15H21NO3/c17-14(18)12-7-3-4-8-13(12)16-11-15(19)9-5-1-2-6-10-15/h3-4,7-8,16,19H,1-2,5-6,9-11H2,(H,17,18). The molecule has 0 heterocycles. The third-order valence-electron chi connectivity index (χ3n) is 3.80. The van der Waals surface area contributed by atoms with E-state index in [1.165, 1.54) is 12.8 Å². The second-order valence-electron chi connectivity index (χ2n) is 5.34. The van der Waals surface area contributed by atoms with Crippen LogP contribution in [0.4, 0.5) is 5.69 Å². The molecule has 1 aromatic rings. The summed E-state index contributed by atoms with van der Waals surface area (Å²) >= 11 is 0. The highest BCUT2D eigenvalue weighted by molar-refractivity contribution is 5.94. The van der Waals surface area contributed by atoms with Crippen molar-refractivity contribution in [2.75, 3.05) is 11.9 Å². The molecule has 0 unspecified atom stereocenters. The van der Waals surface area contributed by atoms with Crippen molar-refractivity contribution in [1.82, 2.24) is 0 Å². The van der Waals surface area contributed by atoms with E-state index in [4.69, 9.17) is 5.11 Å². The van der Waals surface area contributed by atoms with E-state index in [9.17, 15) is 9.90 Å². The molecule has 2 rings (SSSR count). The third kappa shape index (κ3) is 3.70. The molecule has 19 heavy (non-hydrogen) atoms. The lowest BCUT2D eigenvalue weighted by Gasteiger charge is -2.27. The molecule has 0 radical (unpaired) electrons. The predicted molar refractivity (Wildman–Crippen MR) is 74.5 cm³/mol. The van der Waals surface area contributed by atoms with Crippen LogP contribution in [0.5, 0.6) is 0 Å². The Balaban J connectivity index is 2.03. The summed E-state index contributed by atoms with van der Waals surface area (Å²) in [6.07, 6.45) is 6.00. The smallest absolute Gasteiger partial charge is 0.337 e. The van der Waals surface area contributed by atoms with Gasteiger partial charge in [-0.3, -0.25) is 0 Å². The molecule has 1 aliphatic rings. The number of carboxylic acids is 1. The van der Waals surface area contributed by atoms with Crippen LogP contribution in [0.2, 0.25) is 0 Å². The molecule has 4 nitrogen and oxygen atoms in total. The van der Waals surface area contributed by atoms with Gasteiger partial charge in [0.05, 0.1) is 11.2 Å². The fraction of sp³-hybridized carbons (Fsp3) is 0.533. The van der Waals surface area contributed by atoms with E-state index in [0.29, 0.717) is 12.2 Å². The summed E-state index contributed by atoms with van der Waals surface area (Å²) in [7, 11) is 0. The molecular formula is C15H21NO3. The highest BCUT2D eigenvalue weighted by atomic mass is 16.4. The first-order chi connectivity index (χ1) is 9.11. The number of aromatic carboxylic acids is 1. The van der Waals surface area contributed by atoms with E-state index in [1.807, 2.05) is 0 Å². The fourth-order valence-electron chi connectivity index (χ4n) is 2.65. The Labute approximate surface area is 113 Å². The lowest BCUT2D eigenvalue weighted by Crippen LogP contribution is -2.36. The van der Waals surface area contributed by atoms with Crippen LogP contribution in [-0.4, -0.2) is 28.3 Å². The predicted octanol–water partition coefficient (Wildman–Crippen LogP) is 2.88. The fourth-order valence-corrected chi connectivity index (χ4v) is 2.65. The number of carbonyl (C=O) groups is 1. The molecular weight excluding hydrogens is 242 g/mol. The first kappa shape index (κ1) is 13.9. The van der Waals surface area contributed by atoms with Gasteiger partial charge >= 0.3 is 5.97 Å². The summed E-state index contributed by atoms with van der Waals surface area (Å²) < 4.78 is 0. The van der Waals surface area contributed by atoms with Gasteiger partial charge in [0.15, 0.2) is 0 Å². The zero-order valence-electron chi connectivity index (χ0n) is 11.1. The van der Waals surface area contributed by atoms with Crippen molar-refractivity contribution in [3.8, 4) is 0 Å². The minimum absolute atomic E-state index is 0.250. The molecule has 0 amide bonds. The van der Waals surface area contributed by atoms with Gasteiger partial charge in [-0.15, -0.1) is 0 Å². The number of anilines is 1. The maximum atomic E-state index is 11.1. The van der Waals surface area contributed by atoms with Crippen LogP contribution in [0.1, 0.15) is 48.9 Å². The molecule has 104 valence electrons. The van der Waals surface area contributed by atoms with E-state index >= 15 is 0 Å². The molecule has 0 aromatic heterocycles. The monoisotopic (exact) mass is 263 g/mol. The van der Waals surface area contributed by atoms with Gasteiger partial charge in [0.1, 0.15) is 0 Å². The summed E-state index contributed by atoms with van der Waals surface area (Å²) in [5.41, 5.74) is 0.120. The van der Waals surface area contributed by atoms with E-state index < -0.39 is 11.6 Å². The molecule has 0 saturated heterocycles. The largest absolute Gasteiger partial charge is 0.478 e. The summed E-state index contributed by atoms with van der Waals surface area (Å²) in [5, 5.41) is 22.7. The Morgan fingerprint density at radius 3 is 2.42 bits per heavy atom. The minimum Gasteiger partial charge on any atom is -0.478 e. The number of rotatable bonds is 4. The molecule has 0 spiro atoms. The highest BCUT2D eigenvalue weighted by Gasteiger charge is 2.28. The summed E-state index contributed by atoms with van der Waals surface area (Å²) in [4.78, 5) is 11.1. The zero-order chi connectivity index (χ0) is 13.7. The number of benzene rings is 1. The first-order valence-corrected chi connectivity index (χ1v) is 6.89. The second kappa shape index (κ2) is 6.06. The SMILES string of the molecule is O=C(O)c1ccccc1NCC1(O)CCCCCC1. The van der Waals surface area contributed by atoms with E-state index in [2.05, 4.69) is 5.32 Å². The molecule has 0 aliphatic heterocycles. The Morgan fingerprint density at radius 2 is 1.79 bits per heavy atom. The highest BCUT2D eigenvalue weighted by Crippen LogP contribution is 2.27. The number of aliphatic hydroxyl groups is 1. The van der Waals surface area contributed by atoms with Gasteiger partial charge in [0.25, 0.3) is 0 Å². The number of hydrogen-bond acceptors (Lipinski definition) is 3. The van der Waals surface area contributed by atoms with Gasteiger partial charge < -0.3 is 15.5 Å².